The molecular weight excluding hydrogens is 368 g/mol. The summed E-state index contributed by atoms with van der Waals surface area (Å²) < 4.78 is 0. The van der Waals surface area contributed by atoms with Gasteiger partial charge in [-0.2, -0.15) is 0 Å². The third-order valence-corrected chi connectivity index (χ3v) is 5.29. The van der Waals surface area contributed by atoms with E-state index >= 15 is 0 Å². The van der Waals surface area contributed by atoms with Gasteiger partial charge < -0.3 is 15.3 Å². The molecule has 0 aromatic heterocycles. The van der Waals surface area contributed by atoms with Gasteiger partial charge in [-0.15, -0.1) is 0 Å². The second kappa shape index (κ2) is 8.90. The van der Waals surface area contributed by atoms with E-state index in [1.807, 2.05) is 56.3 Å². The van der Waals surface area contributed by atoms with E-state index in [1.165, 1.54) is 4.90 Å². The van der Waals surface area contributed by atoms with Crippen molar-refractivity contribution in [1.82, 2.24) is 10.2 Å². The molecule has 1 aliphatic heterocycles. The first-order valence-electron chi connectivity index (χ1n) is 9.88. The summed E-state index contributed by atoms with van der Waals surface area (Å²) in [5.41, 5.74) is 2.52. The molecule has 29 heavy (non-hydrogen) atoms. The molecule has 6 nitrogen and oxygen atoms in total. The fourth-order valence-electron chi connectivity index (χ4n) is 3.65. The number of likely N-dealkylation sites (tertiary alicyclic amines) is 1. The summed E-state index contributed by atoms with van der Waals surface area (Å²) in [6.07, 6.45) is 1.10. The highest BCUT2D eigenvalue weighted by molar-refractivity contribution is 5.98. The highest BCUT2D eigenvalue weighted by Gasteiger charge is 2.38. The molecule has 6 heteroatoms. The lowest BCUT2D eigenvalue weighted by atomic mass is 10.0. The Morgan fingerprint density at radius 2 is 1.62 bits per heavy atom. The van der Waals surface area contributed by atoms with Crippen molar-refractivity contribution in [3.63, 3.8) is 0 Å². The molecule has 0 spiro atoms. The Bertz CT molecular complexity index is 878. The molecule has 0 radical (unpaired) electrons. The Hall–Kier alpha value is -3.15. The Labute approximate surface area is 170 Å². The number of aliphatic carboxylic acids is 1. The number of rotatable bonds is 6. The maximum Gasteiger partial charge on any atom is 0.326 e. The van der Waals surface area contributed by atoms with Crippen LogP contribution in [0, 0.1) is 5.92 Å². The SMILES string of the molecule is CC(C)[C@H](NC(=O)c1ccc(-c2ccccc2)cc1)C(=O)N1CCC[C@H]1C(=O)O. The molecule has 0 unspecified atom stereocenters. The maximum atomic E-state index is 13.0. The van der Waals surface area contributed by atoms with Gasteiger partial charge in [0, 0.05) is 12.1 Å². The van der Waals surface area contributed by atoms with E-state index in [0.29, 0.717) is 24.9 Å². The van der Waals surface area contributed by atoms with Crippen molar-refractivity contribution < 1.29 is 19.5 Å². The Balaban J connectivity index is 1.73. The van der Waals surface area contributed by atoms with Crippen molar-refractivity contribution in [2.45, 2.75) is 38.8 Å². The molecule has 2 aromatic rings. The third-order valence-electron chi connectivity index (χ3n) is 5.29. The van der Waals surface area contributed by atoms with Crippen LogP contribution in [-0.2, 0) is 9.59 Å². The first kappa shape index (κ1) is 20.6. The van der Waals surface area contributed by atoms with Crippen LogP contribution < -0.4 is 5.32 Å². The highest BCUT2D eigenvalue weighted by atomic mass is 16.4. The first-order valence-corrected chi connectivity index (χ1v) is 9.88. The van der Waals surface area contributed by atoms with Gasteiger partial charge in [-0.25, -0.2) is 4.79 Å². The number of carboxylic acids is 1. The van der Waals surface area contributed by atoms with E-state index in [-0.39, 0.29) is 17.7 Å². The van der Waals surface area contributed by atoms with Crippen molar-refractivity contribution in [3.8, 4) is 11.1 Å². The number of amides is 2. The number of hydrogen-bond donors (Lipinski definition) is 2. The van der Waals surface area contributed by atoms with Crippen LogP contribution in [0.25, 0.3) is 11.1 Å². The number of benzene rings is 2. The lowest BCUT2D eigenvalue weighted by molar-refractivity contribution is -0.149. The molecule has 0 aliphatic carbocycles. The van der Waals surface area contributed by atoms with Crippen LogP contribution in [-0.4, -0.2) is 46.4 Å². The van der Waals surface area contributed by atoms with Gasteiger partial charge in [0.15, 0.2) is 0 Å². The standard InChI is InChI=1S/C23H26N2O4/c1-15(2)20(22(27)25-14-6-9-19(25)23(28)29)24-21(26)18-12-10-17(11-13-18)16-7-4-3-5-8-16/h3-5,7-8,10-13,15,19-20H,6,9,14H2,1-2H3,(H,24,26)(H,28,29)/t19-,20-/m0/s1. The minimum Gasteiger partial charge on any atom is -0.480 e. The molecule has 1 fully saturated rings. The molecule has 2 aromatic carbocycles. The summed E-state index contributed by atoms with van der Waals surface area (Å²) in [7, 11) is 0. The number of nitrogens with zero attached hydrogens (tertiary/aromatic N) is 1. The second-order valence-electron chi connectivity index (χ2n) is 7.67. The normalized spacial score (nSPS) is 17.2. The average Bonchev–Trinajstić information content (AvgIpc) is 3.22. The zero-order valence-electron chi connectivity index (χ0n) is 16.7. The smallest absolute Gasteiger partial charge is 0.326 e. The first-order chi connectivity index (χ1) is 13.9. The summed E-state index contributed by atoms with van der Waals surface area (Å²) in [5.74, 6) is -1.84. The number of carboxylic acid groups (broad SMARTS) is 1. The second-order valence-corrected chi connectivity index (χ2v) is 7.67. The molecule has 0 saturated carbocycles. The van der Waals surface area contributed by atoms with E-state index in [0.717, 1.165) is 11.1 Å². The van der Waals surface area contributed by atoms with Gasteiger partial charge in [-0.1, -0.05) is 56.3 Å². The van der Waals surface area contributed by atoms with Crippen molar-refractivity contribution in [3.05, 3.63) is 60.2 Å². The summed E-state index contributed by atoms with van der Waals surface area (Å²) >= 11 is 0. The Morgan fingerprint density at radius 3 is 2.21 bits per heavy atom. The van der Waals surface area contributed by atoms with Gasteiger partial charge in [0.05, 0.1) is 0 Å². The van der Waals surface area contributed by atoms with Crippen LogP contribution >= 0.6 is 0 Å². The molecule has 2 N–H and O–H groups in total. The van der Waals surface area contributed by atoms with E-state index in [2.05, 4.69) is 5.32 Å². The minimum atomic E-state index is -0.999. The monoisotopic (exact) mass is 394 g/mol. The molecule has 152 valence electrons. The van der Waals surface area contributed by atoms with Gasteiger partial charge in [0.1, 0.15) is 12.1 Å². The van der Waals surface area contributed by atoms with Gasteiger partial charge in [-0.05, 0) is 42.0 Å². The van der Waals surface area contributed by atoms with E-state index in [9.17, 15) is 19.5 Å². The quantitative estimate of drug-likeness (QED) is 0.788. The zero-order chi connectivity index (χ0) is 21.0. The molecule has 0 bridgehead atoms. The average molecular weight is 394 g/mol. The summed E-state index contributed by atoms with van der Waals surface area (Å²) in [5, 5.41) is 12.2. The van der Waals surface area contributed by atoms with Gasteiger partial charge in [0.25, 0.3) is 5.91 Å². The maximum absolute atomic E-state index is 13.0. The largest absolute Gasteiger partial charge is 0.480 e. The molecule has 2 amide bonds. The van der Waals surface area contributed by atoms with Crippen molar-refractivity contribution in [1.29, 1.82) is 0 Å². The Morgan fingerprint density at radius 1 is 1.00 bits per heavy atom. The lowest BCUT2D eigenvalue weighted by Crippen LogP contribution is -2.53. The van der Waals surface area contributed by atoms with Crippen LogP contribution in [0.5, 0.6) is 0 Å². The molecular formula is C23H26N2O4. The van der Waals surface area contributed by atoms with Crippen LogP contribution in [0.1, 0.15) is 37.0 Å². The fraction of sp³-hybridized carbons (Fsp3) is 0.348. The zero-order valence-corrected chi connectivity index (χ0v) is 16.7. The van der Waals surface area contributed by atoms with E-state index < -0.39 is 18.1 Å². The number of nitrogens with one attached hydrogen (secondary N) is 1. The van der Waals surface area contributed by atoms with Crippen molar-refractivity contribution in [2.24, 2.45) is 5.92 Å². The van der Waals surface area contributed by atoms with Gasteiger partial charge in [-0.3, -0.25) is 9.59 Å². The third kappa shape index (κ3) is 4.65. The molecule has 3 rings (SSSR count). The topological polar surface area (TPSA) is 86.7 Å². The van der Waals surface area contributed by atoms with Crippen molar-refractivity contribution >= 4 is 17.8 Å². The summed E-state index contributed by atoms with van der Waals surface area (Å²) in [6.45, 7) is 4.08. The van der Waals surface area contributed by atoms with Crippen molar-refractivity contribution in [2.75, 3.05) is 6.54 Å². The summed E-state index contributed by atoms with van der Waals surface area (Å²) in [4.78, 5) is 38.5. The Kier molecular flexibility index (Phi) is 6.32. The molecule has 1 aliphatic rings. The molecule has 1 saturated heterocycles. The highest BCUT2D eigenvalue weighted by Crippen LogP contribution is 2.22. The van der Waals surface area contributed by atoms with E-state index in [4.69, 9.17) is 0 Å². The van der Waals surface area contributed by atoms with E-state index in [1.54, 1.807) is 12.1 Å². The molecule has 1 heterocycles. The number of carbonyl (C=O) groups excluding carboxylic acids is 2. The van der Waals surface area contributed by atoms with Gasteiger partial charge >= 0.3 is 5.97 Å². The van der Waals surface area contributed by atoms with Gasteiger partial charge in [0.2, 0.25) is 5.91 Å². The summed E-state index contributed by atoms with van der Waals surface area (Å²) in [6, 6.07) is 15.5. The number of carbonyl (C=O) groups is 3. The number of hydrogen-bond acceptors (Lipinski definition) is 3. The molecule has 2 atom stereocenters. The lowest BCUT2D eigenvalue weighted by Gasteiger charge is -2.29. The van der Waals surface area contributed by atoms with Crippen LogP contribution in [0.3, 0.4) is 0 Å². The predicted molar refractivity (Wildman–Crippen MR) is 110 cm³/mol. The van der Waals surface area contributed by atoms with Crippen LogP contribution in [0.2, 0.25) is 0 Å². The van der Waals surface area contributed by atoms with Crippen LogP contribution in [0.15, 0.2) is 54.6 Å². The van der Waals surface area contributed by atoms with Crippen LogP contribution in [0.4, 0.5) is 0 Å². The predicted octanol–water partition coefficient (Wildman–Crippen LogP) is 3.18. The minimum absolute atomic E-state index is 0.162. The fourth-order valence-corrected chi connectivity index (χ4v) is 3.65.